The van der Waals surface area contributed by atoms with Gasteiger partial charge in [-0.05, 0) is 73.4 Å². The molecule has 6 heterocycles. The number of hydrogen-bond acceptors (Lipinski definition) is 15. The number of esters is 1. The summed E-state index contributed by atoms with van der Waals surface area (Å²) >= 11 is 0. The third-order valence-corrected chi connectivity index (χ3v) is 13.8. The van der Waals surface area contributed by atoms with E-state index in [1.807, 2.05) is 0 Å². The van der Waals surface area contributed by atoms with Gasteiger partial charge in [0.1, 0.15) is 38.5 Å². The number of carbonyl (C=O) groups excluding carboxylic acids is 8. The number of nitrogens with two attached hydrogens (primary N) is 1. The zero-order valence-electron chi connectivity index (χ0n) is 42.0. The monoisotopic (exact) mass is 1040 g/mol. The van der Waals surface area contributed by atoms with Gasteiger partial charge < -0.3 is 60.9 Å². The van der Waals surface area contributed by atoms with Gasteiger partial charge >= 0.3 is 18.1 Å². The molecule has 3 atom stereocenters. The van der Waals surface area contributed by atoms with Gasteiger partial charge in [-0.25, -0.2) is 19.4 Å². The van der Waals surface area contributed by atoms with E-state index in [1.165, 1.54) is 9.47 Å². The van der Waals surface area contributed by atoms with Gasteiger partial charge in [-0.1, -0.05) is 39.3 Å². The molecule has 8 rings (SSSR count). The van der Waals surface area contributed by atoms with Crippen molar-refractivity contribution in [2.24, 2.45) is 11.7 Å². The molecule has 0 saturated carbocycles. The van der Waals surface area contributed by atoms with E-state index in [0.29, 0.717) is 95.2 Å². The molecule has 4 aliphatic rings. The number of rotatable bonds is 21. The average molecular weight is 1040 g/mol. The van der Waals surface area contributed by atoms with Crippen molar-refractivity contribution in [2.75, 3.05) is 31.6 Å². The average Bonchev–Trinajstić information content (AvgIpc) is 3.92. The highest BCUT2D eigenvalue weighted by Crippen LogP contribution is 2.43. The van der Waals surface area contributed by atoms with Gasteiger partial charge in [-0.15, -0.1) is 0 Å². The van der Waals surface area contributed by atoms with Crippen LogP contribution in [0.5, 0.6) is 11.5 Å². The number of aromatic nitrogens is 2. The number of benzene rings is 2. The number of alkyl carbamates (subject to hydrolysis) is 1. The normalized spacial score (nSPS) is 17.1. The SMILES string of the molecule is CC[C@@]1(O)C(=O)OCc2c1cc1n(c2=O)Cc2c-1nc1cc3c(cc1c2CNC(=O)OCc1ccc(NC(=O)[C@H](CCCNC(N)=O)NC(=O)[C@@H](NC(=O)CCCCCN2C(=O)CCC2=O)C(C)C)cc1)OCCO3. The standard InChI is InChI=1S/C52H61N9O14/c1-4-52(71)35-22-38-45-33(25-61(38)48(67)34(35)27-74-49(52)68)32(31-21-39-40(23-37(31)57-45)73-20-19-72-39)24-55-51(70)75-26-29-11-13-30(14-12-29)56-46(65)36(9-8-17-54-50(53)69)58-47(66)44(28(2)3)59-41(62)10-6-5-7-18-60-42(63)15-16-43(60)64/h11-14,21-23,28,36,44,71H,4-10,15-20,24-27H2,1-3H3,(H,55,70)(H,56,65)(H,58,66)(H,59,62)(H3,53,54,69)/t36-,44-,52-/m0/s1. The van der Waals surface area contributed by atoms with Crippen LogP contribution in [0.1, 0.15) is 106 Å². The van der Waals surface area contributed by atoms with Crippen molar-refractivity contribution in [3.63, 3.8) is 0 Å². The third-order valence-electron chi connectivity index (χ3n) is 13.8. The van der Waals surface area contributed by atoms with E-state index in [1.54, 1.807) is 63.2 Å². The first-order chi connectivity index (χ1) is 35.9. The fraction of sp³-hybridized carbons (Fsp3) is 0.462. The number of imide groups is 1. The van der Waals surface area contributed by atoms with E-state index in [9.17, 15) is 48.3 Å². The van der Waals surface area contributed by atoms with E-state index >= 15 is 0 Å². The quantitative estimate of drug-likeness (QED) is 0.0316. The lowest BCUT2D eigenvalue weighted by atomic mass is 9.86. The zero-order valence-corrected chi connectivity index (χ0v) is 42.0. The minimum absolute atomic E-state index is 0.0195. The molecule has 2 aromatic carbocycles. The Morgan fingerprint density at radius 2 is 1.59 bits per heavy atom. The van der Waals surface area contributed by atoms with Crippen LogP contribution in [0.25, 0.3) is 22.3 Å². The summed E-state index contributed by atoms with van der Waals surface area (Å²) in [6, 6.07) is 8.79. The molecule has 398 valence electrons. The maximum atomic E-state index is 14.0. The third kappa shape index (κ3) is 11.8. The summed E-state index contributed by atoms with van der Waals surface area (Å²) in [5.74, 6) is -2.12. The van der Waals surface area contributed by atoms with E-state index in [-0.39, 0.29) is 106 Å². The number of hydrogen-bond donors (Lipinski definition) is 7. The highest BCUT2D eigenvalue weighted by molar-refractivity contribution is 6.02. The number of amides is 8. The van der Waals surface area contributed by atoms with Crippen LogP contribution in [0.15, 0.2) is 47.3 Å². The molecule has 1 fully saturated rings. The minimum atomic E-state index is -2.02. The second-order valence-electron chi connectivity index (χ2n) is 19.2. The molecule has 0 spiro atoms. The highest BCUT2D eigenvalue weighted by atomic mass is 16.6. The van der Waals surface area contributed by atoms with Crippen molar-refractivity contribution in [1.82, 2.24) is 35.7 Å². The summed E-state index contributed by atoms with van der Waals surface area (Å²) in [6.07, 6.45) is 1.78. The number of likely N-dealkylation sites (tertiary alicyclic amines) is 1. The van der Waals surface area contributed by atoms with Crippen LogP contribution >= 0.6 is 0 Å². The molecule has 1 saturated heterocycles. The van der Waals surface area contributed by atoms with Crippen molar-refractivity contribution in [3.8, 4) is 22.9 Å². The predicted molar refractivity (Wildman–Crippen MR) is 268 cm³/mol. The number of ether oxygens (including phenoxy) is 4. The van der Waals surface area contributed by atoms with Gasteiger partial charge in [-0.3, -0.25) is 33.7 Å². The van der Waals surface area contributed by atoms with Gasteiger partial charge in [0.2, 0.25) is 29.5 Å². The Morgan fingerprint density at radius 1 is 0.867 bits per heavy atom. The van der Waals surface area contributed by atoms with Crippen molar-refractivity contribution in [3.05, 3.63) is 80.6 Å². The van der Waals surface area contributed by atoms with Crippen LogP contribution in [0, 0.1) is 5.92 Å². The first-order valence-electron chi connectivity index (χ1n) is 25.1. The number of unbranched alkanes of at least 4 members (excludes halogenated alkanes) is 2. The van der Waals surface area contributed by atoms with Crippen molar-refractivity contribution in [2.45, 2.75) is 123 Å². The van der Waals surface area contributed by atoms with E-state index in [4.69, 9.17) is 29.7 Å². The van der Waals surface area contributed by atoms with Gasteiger partial charge in [-0.2, -0.15) is 0 Å². The van der Waals surface area contributed by atoms with Crippen LogP contribution in [0.2, 0.25) is 0 Å². The minimum Gasteiger partial charge on any atom is -0.486 e. The number of carbonyl (C=O) groups is 8. The Bertz CT molecular complexity index is 2980. The molecule has 0 aliphatic carbocycles. The topological polar surface area (TPSA) is 318 Å². The molecule has 8 N–H and O–H groups in total. The zero-order chi connectivity index (χ0) is 53.6. The van der Waals surface area contributed by atoms with Crippen LogP contribution in [0.4, 0.5) is 15.3 Å². The molecular weight excluding hydrogens is 975 g/mol. The van der Waals surface area contributed by atoms with Gasteiger partial charge in [0.05, 0.1) is 29.0 Å². The Balaban J connectivity index is 0.889. The lowest BCUT2D eigenvalue weighted by Gasteiger charge is -2.31. The van der Waals surface area contributed by atoms with Crippen molar-refractivity contribution < 1.29 is 62.4 Å². The number of primary amides is 1. The van der Waals surface area contributed by atoms with E-state index in [2.05, 4.69) is 26.6 Å². The second-order valence-corrected chi connectivity index (χ2v) is 19.2. The van der Waals surface area contributed by atoms with Crippen LogP contribution in [0.3, 0.4) is 0 Å². The summed E-state index contributed by atoms with van der Waals surface area (Å²) in [6.45, 7) is 5.83. The molecule has 0 bridgehead atoms. The maximum Gasteiger partial charge on any atom is 0.407 e. The number of nitrogens with one attached hydrogen (secondary N) is 5. The number of aliphatic hydroxyl groups is 1. The van der Waals surface area contributed by atoms with E-state index < -0.39 is 53.2 Å². The maximum absolute atomic E-state index is 14.0. The van der Waals surface area contributed by atoms with Crippen LogP contribution in [-0.4, -0.2) is 106 Å². The molecular formula is C52H61N9O14. The summed E-state index contributed by atoms with van der Waals surface area (Å²) in [7, 11) is 0. The van der Waals surface area contributed by atoms with Gasteiger partial charge in [0.15, 0.2) is 17.1 Å². The fourth-order valence-electron chi connectivity index (χ4n) is 9.61. The molecule has 2 aromatic heterocycles. The number of fused-ring (bicyclic) bond motifs is 6. The Hall–Kier alpha value is -8.08. The highest BCUT2D eigenvalue weighted by Gasteiger charge is 2.45. The first-order valence-corrected chi connectivity index (χ1v) is 25.1. The molecule has 4 aromatic rings. The fourth-order valence-corrected chi connectivity index (χ4v) is 9.61. The van der Waals surface area contributed by atoms with Gasteiger partial charge in [0, 0.05) is 67.2 Å². The Labute approximate surface area is 430 Å². The molecule has 75 heavy (non-hydrogen) atoms. The summed E-state index contributed by atoms with van der Waals surface area (Å²) in [5, 5.41) is 25.6. The molecule has 0 radical (unpaired) electrons. The van der Waals surface area contributed by atoms with Crippen molar-refractivity contribution >= 4 is 64.2 Å². The van der Waals surface area contributed by atoms with Crippen LogP contribution < -0.4 is 47.4 Å². The number of urea groups is 1. The number of pyridine rings is 2. The van der Waals surface area contributed by atoms with Gasteiger partial charge in [0.25, 0.3) is 5.56 Å². The molecule has 0 unspecified atom stereocenters. The van der Waals surface area contributed by atoms with Crippen molar-refractivity contribution in [1.29, 1.82) is 0 Å². The molecule has 8 amide bonds. The molecule has 23 heteroatoms. The summed E-state index contributed by atoms with van der Waals surface area (Å²) < 4.78 is 24.1. The Kier molecular flexibility index (Phi) is 16.3. The lowest BCUT2D eigenvalue weighted by Crippen LogP contribution is -2.54. The lowest BCUT2D eigenvalue weighted by molar-refractivity contribution is -0.172. The van der Waals surface area contributed by atoms with E-state index in [0.717, 1.165) is 0 Å². The predicted octanol–water partition coefficient (Wildman–Crippen LogP) is 3.00. The number of cyclic esters (lactones) is 1. The largest absolute Gasteiger partial charge is 0.486 e. The van der Waals surface area contributed by atoms with Crippen LogP contribution in [-0.2, 0) is 70.1 Å². The smallest absolute Gasteiger partial charge is 0.407 e. The first kappa shape index (κ1) is 53.2. The molecule has 4 aliphatic heterocycles. The number of anilines is 1. The Morgan fingerprint density at radius 3 is 2.28 bits per heavy atom. The second kappa shape index (κ2) is 23.0. The molecule has 23 nitrogen and oxygen atoms in total. The summed E-state index contributed by atoms with van der Waals surface area (Å²) in [4.78, 5) is 122. The summed E-state index contributed by atoms with van der Waals surface area (Å²) in [5.41, 5.74) is 6.62. The number of nitrogens with zero attached hydrogens (tertiary/aromatic N) is 3.